The molecule has 0 saturated heterocycles. The Labute approximate surface area is 99.8 Å². The second-order valence-electron chi connectivity index (χ2n) is 3.82. The quantitative estimate of drug-likeness (QED) is 0.478. The van der Waals surface area contributed by atoms with Gasteiger partial charge in [0.1, 0.15) is 0 Å². The highest BCUT2D eigenvalue weighted by Crippen LogP contribution is 2.29. The molecule has 2 aromatic rings. The van der Waals surface area contributed by atoms with E-state index in [1.807, 2.05) is 36.4 Å². The fourth-order valence-corrected chi connectivity index (χ4v) is 1.85. The summed E-state index contributed by atoms with van der Waals surface area (Å²) in [5, 5.41) is 9.32. The Morgan fingerprint density at radius 2 is 1.24 bits per heavy atom. The molecule has 0 fully saturated rings. The first kappa shape index (κ1) is 11.4. The lowest BCUT2D eigenvalue weighted by Crippen LogP contribution is -2.20. The van der Waals surface area contributed by atoms with Crippen LogP contribution >= 0.6 is 0 Å². The minimum absolute atomic E-state index is 0.419. The van der Waals surface area contributed by atoms with E-state index >= 15 is 0 Å². The van der Waals surface area contributed by atoms with Crippen molar-refractivity contribution in [3.8, 4) is 0 Å². The molecule has 0 saturated carbocycles. The maximum absolute atomic E-state index is 9.32. The molecule has 0 bridgehead atoms. The third kappa shape index (κ3) is 2.22. The summed E-state index contributed by atoms with van der Waals surface area (Å²) in [6.07, 6.45) is 0. The highest BCUT2D eigenvalue weighted by atomic mass is 16.5. The van der Waals surface area contributed by atoms with Crippen LogP contribution < -0.4 is 16.9 Å². The van der Waals surface area contributed by atoms with Gasteiger partial charge in [0.25, 0.3) is 0 Å². The highest BCUT2D eigenvalue weighted by molar-refractivity contribution is 5.56. The number of hydrogen-bond acceptors (Lipinski definition) is 4. The molecule has 0 radical (unpaired) electrons. The van der Waals surface area contributed by atoms with Crippen molar-refractivity contribution in [3.63, 3.8) is 0 Å². The lowest BCUT2D eigenvalue weighted by Gasteiger charge is -2.19. The van der Waals surface area contributed by atoms with Gasteiger partial charge >= 0.3 is 0 Å². The number of rotatable bonds is 3. The van der Waals surface area contributed by atoms with Gasteiger partial charge in [-0.15, -0.1) is 0 Å². The van der Waals surface area contributed by atoms with Crippen molar-refractivity contribution in [1.82, 2.24) is 5.48 Å². The van der Waals surface area contributed by atoms with Gasteiger partial charge in [-0.1, -0.05) is 36.4 Å². The Hall–Kier alpha value is -2.04. The van der Waals surface area contributed by atoms with Crippen LogP contribution in [0.3, 0.4) is 0 Å². The molecular formula is C13H15N3O. The lowest BCUT2D eigenvalue weighted by molar-refractivity contribution is 0.141. The van der Waals surface area contributed by atoms with Gasteiger partial charge in [-0.3, -0.25) is 0 Å². The number of nitrogens with one attached hydrogen (secondary N) is 1. The summed E-state index contributed by atoms with van der Waals surface area (Å²) >= 11 is 0. The number of hydroxylamine groups is 1. The Balaban J connectivity index is 2.48. The van der Waals surface area contributed by atoms with E-state index < -0.39 is 6.04 Å². The monoisotopic (exact) mass is 229 g/mol. The number of para-hydroxylation sites is 2. The van der Waals surface area contributed by atoms with E-state index in [2.05, 4.69) is 5.48 Å². The third-order valence-electron chi connectivity index (χ3n) is 2.74. The first-order valence-corrected chi connectivity index (χ1v) is 5.32. The molecular weight excluding hydrogens is 214 g/mol. The summed E-state index contributed by atoms with van der Waals surface area (Å²) in [7, 11) is 0. The highest BCUT2D eigenvalue weighted by Gasteiger charge is 2.17. The van der Waals surface area contributed by atoms with Crippen LogP contribution in [-0.2, 0) is 0 Å². The molecule has 4 nitrogen and oxygen atoms in total. The van der Waals surface area contributed by atoms with Gasteiger partial charge in [0.05, 0.1) is 6.04 Å². The van der Waals surface area contributed by atoms with Crippen LogP contribution in [-0.4, -0.2) is 5.21 Å². The molecule has 6 N–H and O–H groups in total. The molecule has 0 unspecified atom stereocenters. The maximum Gasteiger partial charge on any atom is 0.0858 e. The summed E-state index contributed by atoms with van der Waals surface area (Å²) in [6, 6.07) is 14.3. The summed E-state index contributed by atoms with van der Waals surface area (Å²) in [5.74, 6) is 0. The van der Waals surface area contributed by atoms with Crippen molar-refractivity contribution in [2.75, 3.05) is 11.5 Å². The molecule has 4 heteroatoms. The minimum Gasteiger partial charge on any atom is -0.398 e. The first-order valence-electron chi connectivity index (χ1n) is 5.32. The Morgan fingerprint density at radius 3 is 1.59 bits per heavy atom. The van der Waals surface area contributed by atoms with Crippen LogP contribution in [0.2, 0.25) is 0 Å². The summed E-state index contributed by atoms with van der Waals surface area (Å²) in [4.78, 5) is 0. The molecule has 0 aliphatic heterocycles. The van der Waals surface area contributed by atoms with E-state index in [0.29, 0.717) is 11.4 Å². The molecule has 2 rings (SSSR count). The largest absolute Gasteiger partial charge is 0.398 e. The number of benzene rings is 2. The molecule has 0 aliphatic rings. The Bertz CT molecular complexity index is 468. The molecule has 2 aromatic carbocycles. The van der Waals surface area contributed by atoms with E-state index in [9.17, 15) is 5.21 Å². The molecule has 0 aliphatic carbocycles. The zero-order valence-electron chi connectivity index (χ0n) is 9.30. The number of nitrogen functional groups attached to an aromatic ring is 2. The molecule has 88 valence electrons. The van der Waals surface area contributed by atoms with Crippen LogP contribution in [0.25, 0.3) is 0 Å². The average molecular weight is 229 g/mol. The molecule has 0 amide bonds. The summed E-state index contributed by atoms with van der Waals surface area (Å²) in [5.41, 5.74) is 16.9. The number of hydrogen-bond donors (Lipinski definition) is 4. The molecule has 0 atom stereocenters. The predicted octanol–water partition coefficient (Wildman–Crippen LogP) is 1.92. The predicted molar refractivity (Wildman–Crippen MR) is 68.5 cm³/mol. The third-order valence-corrected chi connectivity index (χ3v) is 2.74. The SMILES string of the molecule is Nc1ccccc1C(NO)c1ccccc1N. The summed E-state index contributed by atoms with van der Waals surface area (Å²) < 4.78 is 0. The van der Waals surface area contributed by atoms with Gasteiger partial charge in [0.2, 0.25) is 0 Å². The maximum atomic E-state index is 9.32. The standard InChI is InChI=1S/C13H15N3O/c14-11-7-3-1-5-9(11)13(16-17)10-6-2-4-8-12(10)15/h1-8,13,16-17H,14-15H2. The van der Waals surface area contributed by atoms with Gasteiger partial charge in [0, 0.05) is 11.4 Å². The van der Waals surface area contributed by atoms with Crippen LogP contribution in [0.5, 0.6) is 0 Å². The van der Waals surface area contributed by atoms with Gasteiger partial charge in [-0.25, -0.2) is 0 Å². The van der Waals surface area contributed by atoms with Crippen molar-refractivity contribution in [2.45, 2.75) is 6.04 Å². The topological polar surface area (TPSA) is 84.3 Å². The van der Waals surface area contributed by atoms with Crippen molar-refractivity contribution in [1.29, 1.82) is 0 Å². The van der Waals surface area contributed by atoms with E-state index in [1.54, 1.807) is 12.1 Å². The van der Waals surface area contributed by atoms with Gasteiger partial charge < -0.3 is 16.7 Å². The Morgan fingerprint density at radius 1 is 0.824 bits per heavy atom. The van der Waals surface area contributed by atoms with Gasteiger partial charge in [0.15, 0.2) is 0 Å². The lowest BCUT2D eigenvalue weighted by atomic mass is 9.97. The fourth-order valence-electron chi connectivity index (χ4n) is 1.85. The zero-order valence-corrected chi connectivity index (χ0v) is 9.30. The van der Waals surface area contributed by atoms with Gasteiger partial charge in [-0.2, -0.15) is 5.48 Å². The van der Waals surface area contributed by atoms with Gasteiger partial charge in [-0.05, 0) is 23.3 Å². The van der Waals surface area contributed by atoms with Crippen LogP contribution in [0, 0.1) is 0 Å². The molecule has 0 spiro atoms. The fraction of sp³-hybridized carbons (Fsp3) is 0.0769. The molecule has 17 heavy (non-hydrogen) atoms. The van der Waals surface area contributed by atoms with Crippen molar-refractivity contribution < 1.29 is 5.21 Å². The van der Waals surface area contributed by atoms with Crippen molar-refractivity contribution in [2.24, 2.45) is 0 Å². The van der Waals surface area contributed by atoms with Crippen LogP contribution in [0.15, 0.2) is 48.5 Å². The van der Waals surface area contributed by atoms with Crippen LogP contribution in [0.1, 0.15) is 17.2 Å². The van der Waals surface area contributed by atoms with Crippen molar-refractivity contribution in [3.05, 3.63) is 59.7 Å². The van der Waals surface area contributed by atoms with E-state index in [-0.39, 0.29) is 0 Å². The summed E-state index contributed by atoms with van der Waals surface area (Å²) in [6.45, 7) is 0. The van der Waals surface area contributed by atoms with Crippen LogP contribution in [0.4, 0.5) is 11.4 Å². The first-order chi connectivity index (χ1) is 8.24. The molecule has 0 aromatic heterocycles. The number of anilines is 2. The molecule has 0 heterocycles. The second-order valence-corrected chi connectivity index (χ2v) is 3.82. The average Bonchev–Trinajstić information content (AvgIpc) is 2.34. The second kappa shape index (κ2) is 4.86. The minimum atomic E-state index is -0.419. The van der Waals surface area contributed by atoms with E-state index in [1.165, 1.54) is 0 Å². The van der Waals surface area contributed by atoms with E-state index in [0.717, 1.165) is 11.1 Å². The smallest absolute Gasteiger partial charge is 0.0858 e. The number of nitrogens with two attached hydrogens (primary N) is 2. The normalized spacial score (nSPS) is 10.7. The zero-order chi connectivity index (χ0) is 12.3. The van der Waals surface area contributed by atoms with E-state index in [4.69, 9.17) is 11.5 Å². The Kier molecular flexibility index (Phi) is 3.27. The van der Waals surface area contributed by atoms with Crippen molar-refractivity contribution >= 4 is 11.4 Å².